The van der Waals surface area contributed by atoms with Crippen LogP contribution in [0.1, 0.15) is 45.2 Å². The van der Waals surface area contributed by atoms with Gasteiger partial charge in [0.25, 0.3) is 0 Å². The molecule has 1 aliphatic heterocycles. The average molecular weight is 405 g/mol. The third-order valence-electron chi connectivity index (χ3n) is 5.10. The van der Waals surface area contributed by atoms with Gasteiger partial charge in [0.1, 0.15) is 0 Å². The highest BCUT2D eigenvalue weighted by atomic mass is 35.5. The SMILES string of the molecule is CC(C)(C)[S@@](=O)NC(c1ccccc1-c1ccc(Cl)cc1)C1CCNCC1. The van der Waals surface area contributed by atoms with Gasteiger partial charge in [0.05, 0.1) is 15.7 Å². The van der Waals surface area contributed by atoms with Crippen molar-refractivity contribution in [3.63, 3.8) is 0 Å². The molecular formula is C22H29ClN2OS. The minimum absolute atomic E-state index is 0.0547. The Morgan fingerprint density at radius 1 is 1.07 bits per heavy atom. The normalized spacial score (nSPS) is 18.2. The quantitative estimate of drug-likeness (QED) is 0.727. The number of hydrogen-bond acceptors (Lipinski definition) is 2. The molecule has 1 fully saturated rings. The second kappa shape index (κ2) is 8.87. The largest absolute Gasteiger partial charge is 0.317 e. The van der Waals surface area contributed by atoms with Crippen molar-refractivity contribution in [2.24, 2.45) is 5.92 Å². The van der Waals surface area contributed by atoms with Crippen molar-refractivity contribution in [1.82, 2.24) is 10.0 Å². The van der Waals surface area contributed by atoms with Gasteiger partial charge in [-0.3, -0.25) is 0 Å². The molecule has 3 nitrogen and oxygen atoms in total. The van der Waals surface area contributed by atoms with E-state index in [9.17, 15) is 4.21 Å². The second-order valence-electron chi connectivity index (χ2n) is 8.16. The van der Waals surface area contributed by atoms with Gasteiger partial charge in [-0.15, -0.1) is 0 Å². The van der Waals surface area contributed by atoms with Crippen LogP contribution in [0.2, 0.25) is 5.02 Å². The van der Waals surface area contributed by atoms with Gasteiger partial charge in [-0.05, 0) is 81.4 Å². The Bertz CT molecular complexity index is 780. The summed E-state index contributed by atoms with van der Waals surface area (Å²) in [6.45, 7) is 8.06. The molecule has 5 heteroatoms. The molecule has 2 atom stereocenters. The highest BCUT2D eigenvalue weighted by Gasteiger charge is 2.31. The third-order valence-corrected chi connectivity index (χ3v) is 6.93. The molecule has 0 saturated carbocycles. The maximum absolute atomic E-state index is 13.0. The van der Waals surface area contributed by atoms with Crippen molar-refractivity contribution < 1.29 is 4.21 Å². The molecule has 0 radical (unpaired) electrons. The van der Waals surface area contributed by atoms with Crippen LogP contribution < -0.4 is 10.0 Å². The average Bonchev–Trinajstić information content (AvgIpc) is 2.66. The topological polar surface area (TPSA) is 41.1 Å². The summed E-state index contributed by atoms with van der Waals surface area (Å²) in [5.41, 5.74) is 3.53. The molecule has 0 amide bonds. The smallest absolute Gasteiger partial charge is 0.0976 e. The summed E-state index contributed by atoms with van der Waals surface area (Å²) < 4.78 is 16.1. The van der Waals surface area contributed by atoms with E-state index in [4.69, 9.17) is 11.6 Å². The van der Waals surface area contributed by atoms with Gasteiger partial charge in [0.2, 0.25) is 0 Å². The first-order valence-corrected chi connectivity index (χ1v) is 11.1. The highest BCUT2D eigenvalue weighted by molar-refractivity contribution is 7.84. The number of piperidine rings is 1. The lowest BCUT2D eigenvalue weighted by molar-refractivity contribution is 0.308. The van der Waals surface area contributed by atoms with Crippen molar-refractivity contribution >= 4 is 22.6 Å². The van der Waals surface area contributed by atoms with Crippen LogP contribution in [0.25, 0.3) is 11.1 Å². The molecule has 0 aromatic heterocycles. The maximum Gasteiger partial charge on any atom is 0.0976 e. The molecule has 146 valence electrons. The van der Waals surface area contributed by atoms with E-state index in [1.54, 1.807) is 0 Å². The van der Waals surface area contributed by atoms with E-state index < -0.39 is 11.0 Å². The van der Waals surface area contributed by atoms with Gasteiger partial charge in [-0.2, -0.15) is 0 Å². The lowest BCUT2D eigenvalue weighted by Gasteiger charge is -2.34. The van der Waals surface area contributed by atoms with E-state index >= 15 is 0 Å². The van der Waals surface area contributed by atoms with Crippen molar-refractivity contribution in [1.29, 1.82) is 0 Å². The number of rotatable bonds is 5. The van der Waals surface area contributed by atoms with Crippen molar-refractivity contribution in [2.45, 2.75) is 44.4 Å². The molecule has 2 N–H and O–H groups in total. The Balaban J connectivity index is 2.01. The van der Waals surface area contributed by atoms with Crippen molar-refractivity contribution in [3.8, 4) is 11.1 Å². The zero-order valence-electron chi connectivity index (χ0n) is 16.3. The van der Waals surface area contributed by atoms with Crippen LogP contribution in [0.4, 0.5) is 0 Å². The van der Waals surface area contributed by atoms with Gasteiger partial charge < -0.3 is 5.32 Å². The zero-order valence-corrected chi connectivity index (χ0v) is 17.9. The molecule has 1 heterocycles. The molecule has 27 heavy (non-hydrogen) atoms. The fraction of sp³-hybridized carbons (Fsp3) is 0.455. The minimum Gasteiger partial charge on any atom is -0.317 e. The van der Waals surface area contributed by atoms with Gasteiger partial charge in [-0.1, -0.05) is 48.0 Å². The molecule has 1 aliphatic rings. The Labute approximate surface area is 170 Å². The summed E-state index contributed by atoms with van der Waals surface area (Å²) in [7, 11) is -1.13. The fourth-order valence-electron chi connectivity index (χ4n) is 3.54. The molecule has 0 spiro atoms. The summed E-state index contributed by atoms with van der Waals surface area (Å²) in [4.78, 5) is 0. The first-order valence-electron chi connectivity index (χ1n) is 9.60. The van der Waals surface area contributed by atoms with E-state index in [-0.39, 0.29) is 10.8 Å². The highest BCUT2D eigenvalue weighted by Crippen LogP contribution is 2.36. The van der Waals surface area contributed by atoms with Gasteiger partial charge in [0.15, 0.2) is 0 Å². The summed E-state index contributed by atoms with van der Waals surface area (Å²) in [6.07, 6.45) is 2.15. The Kier molecular flexibility index (Phi) is 6.74. The number of benzene rings is 2. The van der Waals surface area contributed by atoms with Crippen LogP contribution in [-0.4, -0.2) is 22.0 Å². The fourth-order valence-corrected chi connectivity index (χ4v) is 4.57. The summed E-state index contributed by atoms with van der Waals surface area (Å²) in [6, 6.07) is 16.5. The van der Waals surface area contributed by atoms with Gasteiger partial charge in [-0.25, -0.2) is 8.93 Å². The zero-order chi connectivity index (χ0) is 19.4. The molecule has 2 aromatic carbocycles. The molecule has 1 saturated heterocycles. The standard InChI is InChI=1S/C22H29ClN2OS/c1-22(2,3)27(26)25-21(17-12-14-24-15-13-17)20-7-5-4-6-19(20)16-8-10-18(23)11-9-16/h4-11,17,21,24-25H,12-15H2,1-3H3/t21?,27-/m1/s1. The Morgan fingerprint density at radius 3 is 2.33 bits per heavy atom. The molecule has 3 rings (SSSR count). The predicted molar refractivity (Wildman–Crippen MR) is 116 cm³/mol. The van der Waals surface area contributed by atoms with E-state index in [0.717, 1.165) is 36.5 Å². The minimum atomic E-state index is -1.13. The Morgan fingerprint density at radius 2 is 1.70 bits per heavy atom. The van der Waals surface area contributed by atoms with Gasteiger partial charge in [0, 0.05) is 11.1 Å². The molecular weight excluding hydrogens is 376 g/mol. The lowest BCUT2D eigenvalue weighted by Crippen LogP contribution is -2.41. The van der Waals surface area contributed by atoms with Crippen molar-refractivity contribution in [3.05, 3.63) is 59.1 Å². The summed E-state index contributed by atoms with van der Waals surface area (Å²) in [5, 5.41) is 4.17. The number of hydrogen-bond donors (Lipinski definition) is 2. The van der Waals surface area contributed by atoms with Crippen LogP contribution in [0.3, 0.4) is 0 Å². The second-order valence-corrected chi connectivity index (χ2v) is 10.6. The molecule has 2 aromatic rings. The number of halogens is 1. The first kappa shape index (κ1) is 20.5. The first-order chi connectivity index (χ1) is 12.9. The molecule has 0 bridgehead atoms. The summed E-state index contributed by atoms with van der Waals surface area (Å²) >= 11 is 6.08. The van der Waals surface area contributed by atoms with E-state index in [1.807, 2.05) is 32.9 Å². The van der Waals surface area contributed by atoms with E-state index in [1.165, 1.54) is 11.1 Å². The monoisotopic (exact) mass is 404 g/mol. The van der Waals surface area contributed by atoms with Crippen LogP contribution >= 0.6 is 11.6 Å². The lowest BCUT2D eigenvalue weighted by atomic mass is 9.83. The number of nitrogens with one attached hydrogen (secondary N) is 2. The summed E-state index contributed by atoms with van der Waals surface area (Å²) in [5.74, 6) is 0.450. The van der Waals surface area contributed by atoms with Crippen LogP contribution in [0.5, 0.6) is 0 Å². The third kappa shape index (κ3) is 5.20. The van der Waals surface area contributed by atoms with Crippen LogP contribution in [0.15, 0.2) is 48.5 Å². The molecule has 1 unspecified atom stereocenters. The van der Waals surface area contributed by atoms with E-state index in [0.29, 0.717) is 5.92 Å². The predicted octanol–water partition coefficient (Wildman–Crippen LogP) is 5.10. The van der Waals surface area contributed by atoms with Gasteiger partial charge >= 0.3 is 0 Å². The van der Waals surface area contributed by atoms with Crippen molar-refractivity contribution in [2.75, 3.05) is 13.1 Å². The maximum atomic E-state index is 13.0. The molecule has 0 aliphatic carbocycles. The van der Waals surface area contributed by atoms with Crippen LogP contribution in [0, 0.1) is 5.92 Å². The van der Waals surface area contributed by atoms with Crippen LogP contribution in [-0.2, 0) is 11.0 Å². The van der Waals surface area contributed by atoms with E-state index in [2.05, 4.69) is 46.4 Å². The Hall–Kier alpha value is -1.20.